The number of thioether (sulfide) groups is 1. The SMILES string of the molecule is CCCc1ccc(C)cc1N1C(=O)CS/C1=N\C(=S)NOC(C)c1ccc(-c2ncn(-c3ccc(OC(F)(F)F)cc3)n2)cc1. The van der Waals surface area contributed by atoms with Crippen molar-refractivity contribution in [2.45, 2.75) is 46.1 Å². The highest BCUT2D eigenvalue weighted by Gasteiger charge is 2.32. The van der Waals surface area contributed by atoms with Crippen molar-refractivity contribution in [2.75, 3.05) is 10.7 Å². The first-order valence-electron chi connectivity index (χ1n) is 14.0. The summed E-state index contributed by atoms with van der Waals surface area (Å²) in [6.07, 6.45) is -1.89. The van der Waals surface area contributed by atoms with Gasteiger partial charge in [-0.05, 0) is 79.5 Å². The number of alkyl halides is 3. The van der Waals surface area contributed by atoms with E-state index in [1.807, 2.05) is 50.2 Å². The number of anilines is 1. The molecule has 1 aliphatic rings. The van der Waals surface area contributed by atoms with Crippen LogP contribution in [0.15, 0.2) is 78.0 Å². The molecule has 1 aliphatic heterocycles. The number of halogens is 3. The van der Waals surface area contributed by atoms with Crippen molar-refractivity contribution in [3.05, 3.63) is 89.7 Å². The van der Waals surface area contributed by atoms with Crippen molar-refractivity contribution in [3.63, 3.8) is 0 Å². The van der Waals surface area contributed by atoms with E-state index >= 15 is 0 Å². The molecule has 45 heavy (non-hydrogen) atoms. The van der Waals surface area contributed by atoms with Crippen LogP contribution in [0.2, 0.25) is 0 Å². The Kier molecular flexibility index (Phi) is 9.85. The number of carbonyl (C=O) groups excluding carboxylic acids is 1. The number of nitrogens with zero attached hydrogens (tertiary/aromatic N) is 5. The van der Waals surface area contributed by atoms with E-state index in [0.29, 0.717) is 16.7 Å². The Morgan fingerprint density at radius 3 is 2.56 bits per heavy atom. The number of hydrogen-bond donors (Lipinski definition) is 1. The van der Waals surface area contributed by atoms with E-state index in [1.165, 1.54) is 47.0 Å². The van der Waals surface area contributed by atoms with E-state index in [0.717, 1.165) is 40.8 Å². The second-order valence-corrected chi connectivity index (χ2v) is 11.5. The molecule has 1 atom stereocenters. The Morgan fingerprint density at radius 2 is 1.87 bits per heavy atom. The van der Waals surface area contributed by atoms with Crippen molar-refractivity contribution in [2.24, 2.45) is 4.99 Å². The number of aliphatic imine (C=N–C) groups is 1. The lowest BCUT2D eigenvalue weighted by Gasteiger charge is -2.21. The van der Waals surface area contributed by atoms with Gasteiger partial charge in [-0.2, -0.15) is 4.99 Å². The number of aromatic nitrogens is 3. The number of thiocarbonyl (C=S) groups is 1. The third-order valence-corrected chi connectivity index (χ3v) is 7.85. The molecule has 1 saturated heterocycles. The Labute approximate surface area is 267 Å². The maximum absolute atomic E-state index is 12.8. The number of rotatable bonds is 9. The Hall–Kier alpha value is -4.27. The van der Waals surface area contributed by atoms with E-state index in [4.69, 9.17) is 17.1 Å². The number of nitrogens with one attached hydrogen (secondary N) is 1. The van der Waals surface area contributed by atoms with Gasteiger partial charge < -0.3 is 4.74 Å². The van der Waals surface area contributed by atoms with E-state index in [9.17, 15) is 18.0 Å². The van der Waals surface area contributed by atoms with Gasteiger partial charge in [-0.15, -0.1) is 18.3 Å². The summed E-state index contributed by atoms with van der Waals surface area (Å²) in [6, 6.07) is 18.8. The maximum atomic E-state index is 12.8. The van der Waals surface area contributed by atoms with Crippen LogP contribution in [-0.2, 0) is 16.1 Å². The van der Waals surface area contributed by atoms with E-state index in [1.54, 1.807) is 4.90 Å². The molecule has 1 fully saturated rings. The van der Waals surface area contributed by atoms with Crippen LogP contribution in [0.5, 0.6) is 5.75 Å². The van der Waals surface area contributed by atoms with Crippen LogP contribution in [0.3, 0.4) is 0 Å². The molecule has 3 aromatic carbocycles. The number of hydrogen-bond acceptors (Lipinski definition) is 7. The Morgan fingerprint density at radius 1 is 1.13 bits per heavy atom. The molecule has 4 aromatic rings. The van der Waals surface area contributed by atoms with Crippen LogP contribution in [0.25, 0.3) is 17.1 Å². The normalized spacial score (nSPS) is 15.0. The zero-order valence-electron chi connectivity index (χ0n) is 24.5. The lowest BCUT2D eigenvalue weighted by atomic mass is 10.0. The van der Waals surface area contributed by atoms with Crippen LogP contribution in [0.1, 0.15) is 43.1 Å². The first kappa shape index (κ1) is 32.1. The summed E-state index contributed by atoms with van der Waals surface area (Å²) in [7, 11) is 0. The Balaban J connectivity index is 1.20. The first-order valence-corrected chi connectivity index (χ1v) is 15.4. The van der Waals surface area contributed by atoms with Crippen molar-refractivity contribution < 1.29 is 27.5 Å². The molecule has 1 unspecified atom stereocenters. The van der Waals surface area contributed by atoms with Crippen molar-refractivity contribution >= 4 is 45.9 Å². The first-order chi connectivity index (χ1) is 21.5. The fourth-order valence-electron chi connectivity index (χ4n) is 4.58. The smallest absolute Gasteiger partial charge is 0.406 e. The summed E-state index contributed by atoms with van der Waals surface area (Å²) in [5.41, 5.74) is 7.79. The lowest BCUT2D eigenvalue weighted by molar-refractivity contribution is -0.274. The number of aryl methyl sites for hydroxylation is 2. The van der Waals surface area contributed by atoms with Crippen LogP contribution >= 0.6 is 24.0 Å². The molecule has 2 heterocycles. The van der Waals surface area contributed by atoms with Gasteiger partial charge in [0.05, 0.1) is 17.1 Å². The summed E-state index contributed by atoms with van der Waals surface area (Å²) >= 11 is 6.75. The minimum absolute atomic E-state index is 0.0494. The molecule has 0 saturated carbocycles. The fraction of sp³-hybridized carbons (Fsp3) is 0.258. The highest BCUT2D eigenvalue weighted by Crippen LogP contribution is 2.31. The molecule has 0 spiro atoms. The van der Waals surface area contributed by atoms with Crippen LogP contribution in [0, 0.1) is 6.92 Å². The fourth-order valence-corrected chi connectivity index (χ4v) is 5.64. The quantitative estimate of drug-likeness (QED) is 0.151. The number of amides is 1. The maximum Gasteiger partial charge on any atom is 0.573 e. The molecule has 1 aromatic heterocycles. The zero-order valence-corrected chi connectivity index (χ0v) is 26.2. The highest BCUT2D eigenvalue weighted by molar-refractivity contribution is 8.15. The largest absolute Gasteiger partial charge is 0.573 e. The Bertz CT molecular complexity index is 1710. The highest BCUT2D eigenvalue weighted by atomic mass is 32.2. The standard InChI is InChI=1S/C31H29F3N6O3S2/c1-4-5-22-7-6-19(2)16-26(22)40-27(41)17-45-30(40)36-29(44)38-43-20(3)21-8-10-23(11-9-21)28-35-18-39(37-28)24-12-14-25(15-13-24)42-31(32,33)34/h6-16,18,20H,4-5,17H2,1-3H3,(H,38,44)/b36-30-. The number of amidine groups is 1. The predicted octanol–water partition coefficient (Wildman–Crippen LogP) is 7.10. The molecule has 0 aliphatic carbocycles. The molecule has 1 N–H and O–H groups in total. The molecule has 0 bridgehead atoms. The zero-order chi connectivity index (χ0) is 32.1. The van der Waals surface area contributed by atoms with Gasteiger partial charge in [-0.1, -0.05) is 61.5 Å². The van der Waals surface area contributed by atoms with Crippen molar-refractivity contribution in [3.8, 4) is 22.8 Å². The average Bonchev–Trinajstić information content (AvgIpc) is 3.64. The van der Waals surface area contributed by atoms with Gasteiger partial charge in [0, 0.05) is 5.56 Å². The van der Waals surface area contributed by atoms with Crippen molar-refractivity contribution in [1.29, 1.82) is 0 Å². The van der Waals surface area contributed by atoms with Crippen molar-refractivity contribution in [1.82, 2.24) is 20.2 Å². The molecule has 0 radical (unpaired) electrons. The molecular formula is C31H29F3N6O3S2. The van der Waals surface area contributed by atoms with E-state index in [-0.39, 0.29) is 22.5 Å². The second kappa shape index (κ2) is 13.8. The van der Waals surface area contributed by atoms with E-state index < -0.39 is 12.5 Å². The van der Waals surface area contributed by atoms with Gasteiger partial charge in [0.15, 0.2) is 11.0 Å². The molecule has 234 valence electrons. The molecule has 5 rings (SSSR count). The summed E-state index contributed by atoms with van der Waals surface area (Å²) in [5, 5.41) is 5.02. The number of ether oxygens (including phenoxy) is 1. The van der Waals surface area contributed by atoms with Crippen LogP contribution in [0.4, 0.5) is 18.9 Å². The molecule has 9 nitrogen and oxygen atoms in total. The van der Waals surface area contributed by atoms with Crippen LogP contribution in [-0.4, -0.2) is 43.1 Å². The summed E-state index contributed by atoms with van der Waals surface area (Å²) < 4.78 is 42.6. The predicted molar refractivity (Wildman–Crippen MR) is 171 cm³/mol. The second-order valence-electron chi connectivity index (χ2n) is 10.1. The number of carbonyl (C=O) groups is 1. The minimum atomic E-state index is -4.76. The monoisotopic (exact) mass is 654 g/mol. The molecule has 1 amide bonds. The number of hydroxylamine groups is 1. The van der Waals surface area contributed by atoms with Gasteiger partial charge >= 0.3 is 6.36 Å². The average molecular weight is 655 g/mol. The summed E-state index contributed by atoms with van der Waals surface area (Å²) in [6.45, 7) is 5.94. The number of benzene rings is 3. The van der Waals surface area contributed by atoms with Crippen LogP contribution < -0.4 is 15.1 Å². The topological polar surface area (TPSA) is 93.9 Å². The summed E-state index contributed by atoms with van der Waals surface area (Å²) in [4.78, 5) is 29.0. The summed E-state index contributed by atoms with van der Waals surface area (Å²) in [5.74, 6) is 0.344. The third kappa shape index (κ3) is 8.07. The van der Waals surface area contributed by atoms with E-state index in [2.05, 4.69) is 38.3 Å². The minimum Gasteiger partial charge on any atom is -0.406 e. The lowest BCUT2D eigenvalue weighted by Crippen LogP contribution is -2.32. The van der Waals surface area contributed by atoms with Gasteiger partial charge in [0.1, 0.15) is 18.2 Å². The third-order valence-electron chi connectivity index (χ3n) is 6.75. The van der Waals surface area contributed by atoms with Gasteiger partial charge in [-0.3, -0.25) is 14.5 Å². The van der Waals surface area contributed by atoms with Gasteiger partial charge in [0.25, 0.3) is 0 Å². The van der Waals surface area contributed by atoms with Gasteiger partial charge in [-0.25, -0.2) is 15.1 Å². The van der Waals surface area contributed by atoms with Gasteiger partial charge in [0.2, 0.25) is 11.0 Å². The molecular weight excluding hydrogens is 626 g/mol. The molecule has 14 heteroatoms.